The molecule has 0 unspecified atom stereocenters. The van der Waals surface area contributed by atoms with Gasteiger partial charge < -0.3 is 10.2 Å². The van der Waals surface area contributed by atoms with E-state index in [-0.39, 0.29) is 30.5 Å². The molecule has 1 aromatic carbocycles. The monoisotopic (exact) mass is 328 g/mol. The van der Waals surface area contributed by atoms with Crippen LogP contribution in [-0.4, -0.2) is 35.8 Å². The summed E-state index contributed by atoms with van der Waals surface area (Å²) in [6.45, 7) is 0.526. The number of urea groups is 1. The summed E-state index contributed by atoms with van der Waals surface area (Å²) in [7, 11) is 0. The first-order valence-electron chi connectivity index (χ1n) is 5.73. The molecule has 2 amide bonds. The van der Waals surface area contributed by atoms with Gasteiger partial charge in [-0.3, -0.25) is 0 Å². The van der Waals surface area contributed by atoms with Gasteiger partial charge in [-0.15, -0.1) is 23.2 Å². The highest BCUT2D eigenvalue weighted by Gasteiger charge is 2.30. The van der Waals surface area contributed by atoms with E-state index < -0.39 is 17.8 Å². The average Bonchev–Trinajstić information content (AvgIpc) is 2.38. The number of halogens is 5. The van der Waals surface area contributed by atoms with Gasteiger partial charge in [-0.25, -0.2) is 4.79 Å². The van der Waals surface area contributed by atoms with Crippen LogP contribution >= 0.6 is 23.2 Å². The Morgan fingerprint density at radius 2 is 1.80 bits per heavy atom. The second-order valence-corrected chi connectivity index (χ2v) is 4.63. The summed E-state index contributed by atoms with van der Waals surface area (Å²) in [5, 5.41) is 2.39. The van der Waals surface area contributed by atoms with E-state index in [2.05, 4.69) is 5.32 Å². The zero-order valence-corrected chi connectivity index (χ0v) is 11.9. The van der Waals surface area contributed by atoms with Gasteiger partial charge in [0.2, 0.25) is 0 Å². The van der Waals surface area contributed by atoms with Gasteiger partial charge in [-0.05, 0) is 18.2 Å². The van der Waals surface area contributed by atoms with Gasteiger partial charge >= 0.3 is 12.2 Å². The summed E-state index contributed by atoms with van der Waals surface area (Å²) in [6.07, 6.45) is -4.45. The molecule has 0 aliphatic carbocycles. The number of hydrogen-bond acceptors (Lipinski definition) is 1. The molecule has 1 aromatic rings. The summed E-state index contributed by atoms with van der Waals surface area (Å²) in [5.41, 5.74) is -0.754. The van der Waals surface area contributed by atoms with Crippen LogP contribution in [0.1, 0.15) is 5.56 Å². The average molecular weight is 329 g/mol. The molecule has 0 atom stereocenters. The number of carbonyl (C=O) groups is 1. The quantitative estimate of drug-likeness (QED) is 0.813. The highest BCUT2D eigenvalue weighted by atomic mass is 35.5. The van der Waals surface area contributed by atoms with E-state index >= 15 is 0 Å². The van der Waals surface area contributed by atoms with E-state index in [0.29, 0.717) is 0 Å². The van der Waals surface area contributed by atoms with E-state index in [0.717, 1.165) is 12.1 Å². The molecule has 0 fully saturated rings. The highest BCUT2D eigenvalue weighted by Crippen LogP contribution is 2.30. The van der Waals surface area contributed by atoms with Crippen LogP contribution in [0.2, 0.25) is 0 Å². The minimum absolute atomic E-state index is 0.0685. The standard InChI is InChI=1S/C12H13Cl2F3N2O/c13-4-6-19(7-5-14)11(20)18-10-3-1-2-9(8-10)12(15,16)17/h1-3,8H,4-7H2,(H,18,20). The van der Waals surface area contributed by atoms with Gasteiger partial charge in [0.05, 0.1) is 5.56 Å². The molecule has 3 nitrogen and oxygen atoms in total. The van der Waals surface area contributed by atoms with Crippen molar-refractivity contribution in [3.05, 3.63) is 29.8 Å². The number of amides is 2. The zero-order valence-electron chi connectivity index (χ0n) is 10.4. The lowest BCUT2D eigenvalue weighted by Crippen LogP contribution is -2.37. The lowest BCUT2D eigenvalue weighted by molar-refractivity contribution is -0.137. The minimum Gasteiger partial charge on any atom is -0.322 e. The molecule has 0 heterocycles. The first-order chi connectivity index (χ1) is 9.38. The lowest BCUT2D eigenvalue weighted by atomic mass is 10.2. The Labute approximate surface area is 124 Å². The number of nitrogens with zero attached hydrogens (tertiary/aromatic N) is 1. The molecule has 0 aromatic heterocycles. The lowest BCUT2D eigenvalue weighted by Gasteiger charge is -2.21. The van der Waals surface area contributed by atoms with E-state index in [1.165, 1.54) is 17.0 Å². The molecule has 0 bridgehead atoms. The maximum absolute atomic E-state index is 12.5. The predicted molar refractivity (Wildman–Crippen MR) is 73.5 cm³/mol. The Morgan fingerprint density at radius 3 is 2.30 bits per heavy atom. The third-order valence-electron chi connectivity index (χ3n) is 2.44. The fourth-order valence-electron chi connectivity index (χ4n) is 1.49. The number of alkyl halides is 5. The van der Waals surface area contributed by atoms with E-state index in [1.54, 1.807) is 0 Å². The Kier molecular flexibility index (Phi) is 6.42. The fourth-order valence-corrected chi connectivity index (χ4v) is 1.90. The van der Waals surface area contributed by atoms with Gasteiger partial charge in [-0.1, -0.05) is 6.07 Å². The van der Waals surface area contributed by atoms with Crippen LogP contribution in [0.15, 0.2) is 24.3 Å². The number of hydrogen-bond donors (Lipinski definition) is 1. The van der Waals surface area contributed by atoms with Crippen molar-refractivity contribution in [1.29, 1.82) is 0 Å². The molecule has 1 N–H and O–H groups in total. The van der Waals surface area contributed by atoms with Crippen LogP contribution in [0, 0.1) is 0 Å². The van der Waals surface area contributed by atoms with Crippen LogP contribution in [0.25, 0.3) is 0 Å². The largest absolute Gasteiger partial charge is 0.416 e. The van der Waals surface area contributed by atoms with Crippen molar-refractivity contribution in [3.8, 4) is 0 Å². The molecular weight excluding hydrogens is 316 g/mol. The third kappa shape index (κ3) is 5.09. The normalized spacial score (nSPS) is 11.2. The van der Waals surface area contributed by atoms with E-state index in [9.17, 15) is 18.0 Å². The molecule has 112 valence electrons. The molecule has 20 heavy (non-hydrogen) atoms. The molecule has 0 aliphatic heterocycles. The Hall–Kier alpha value is -1.14. The van der Waals surface area contributed by atoms with Gasteiger partial charge in [-0.2, -0.15) is 13.2 Å². The van der Waals surface area contributed by atoms with Crippen LogP contribution in [0.4, 0.5) is 23.7 Å². The van der Waals surface area contributed by atoms with Crippen molar-refractivity contribution in [2.75, 3.05) is 30.2 Å². The van der Waals surface area contributed by atoms with Crippen LogP contribution in [-0.2, 0) is 6.18 Å². The van der Waals surface area contributed by atoms with Crippen molar-refractivity contribution in [2.24, 2.45) is 0 Å². The number of anilines is 1. The van der Waals surface area contributed by atoms with Gasteiger partial charge in [0.15, 0.2) is 0 Å². The van der Waals surface area contributed by atoms with Crippen molar-refractivity contribution in [3.63, 3.8) is 0 Å². The summed E-state index contributed by atoms with van der Waals surface area (Å²) < 4.78 is 37.6. The van der Waals surface area contributed by atoms with Crippen molar-refractivity contribution < 1.29 is 18.0 Å². The molecule has 0 saturated carbocycles. The van der Waals surface area contributed by atoms with Crippen LogP contribution in [0.5, 0.6) is 0 Å². The van der Waals surface area contributed by atoms with Crippen molar-refractivity contribution >= 4 is 34.9 Å². The summed E-state index contributed by atoms with van der Waals surface area (Å²) in [5.74, 6) is 0.430. The molecule has 0 aliphatic rings. The first kappa shape index (κ1) is 16.9. The Morgan fingerprint density at radius 1 is 1.20 bits per heavy atom. The number of rotatable bonds is 5. The third-order valence-corrected chi connectivity index (χ3v) is 2.78. The molecule has 0 spiro atoms. The number of benzene rings is 1. The number of nitrogens with one attached hydrogen (secondary N) is 1. The molecule has 0 radical (unpaired) electrons. The SMILES string of the molecule is O=C(Nc1cccc(C(F)(F)F)c1)N(CCCl)CCCl. The highest BCUT2D eigenvalue weighted by molar-refractivity contribution is 6.18. The van der Waals surface area contributed by atoms with Crippen LogP contribution in [0.3, 0.4) is 0 Å². The Balaban J connectivity index is 2.79. The topological polar surface area (TPSA) is 32.3 Å². The second-order valence-electron chi connectivity index (χ2n) is 3.87. The first-order valence-corrected chi connectivity index (χ1v) is 6.80. The van der Waals surface area contributed by atoms with E-state index in [1.807, 2.05) is 0 Å². The predicted octanol–water partition coefficient (Wildman–Crippen LogP) is 4.02. The van der Waals surface area contributed by atoms with Crippen LogP contribution < -0.4 is 5.32 Å². The number of carbonyl (C=O) groups excluding carboxylic acids is 1. The fraction of sp³-hybridized carbons (Fsp3) is 0.417. The maximum atomic E-state index is 12.5. The minimum atomic E-state index is -4.45. The van der Waals surface area contributed by atoms with E-state index in [4.69, 9.17) is 23.2 Å². The Bertz CT molecular complexity index is 449. The molecule has 1 rings (SSSR count). The summed E-state index contributed by atoms with van der Waals surface area (Å²) in [6, 6.07) is 3.88. The smallest absolute Gasteiger partial charge is 0.322 e. The summed E-state index contributed by atoms with van der Waals surface area (Å²) in [4.78, 5) is 13.2. The van der Waals surface area contributed by atoms with Crippen molar-refractivity contribution in [1.82, 2.24) is 4.90 Å². The maximum Gasteiger partial charge on any atom is 0.416 e. The molecular formula is C12H13Cl2F3N2O. The van der Waals surface area contributed by atoms with Gasteiger partial charge in [0.1, 0.15) is 0 Å². The molecule has 8 heteroatoms. The summed E-state index contributed by atoms with van der Waals surface area (Å²) >= 11 is 11.1. The van der Waals surface area contributed by atoms with Crippen molar-refractivity contribution in [2.45, 2.75) is 6.18 Å². The van der Waals surface area contributed by atoms with Gasteiger partial charge in [0, 0.05) is 30.5 Å². The zero-order chi connectivity index (χ0) is 15.2. The van der Waals surface area contributed by atoms with Gasteiger partial charge in [0.25, 0.3) is 0 Å². The molecule has 0 saturated heterocycles. The second kappa shape index (κ2) is 7.59.